The van der Waals surface area contributed by atoms with Gasteiger partial charge in [-0.1, -0.05) is 45.0 Å². The average Bonchev–Trinajstić information content (AvgIpc) is 3.57. The van der Waals surface area contributed by atoms with Crippen molar-refractivity contribution in [2.75, 3.05) is 0 Å². The molecule has 0 aliphatic heterocycles. The third kappa shape index (κ3) is 7.37. The topological polar surface area (TPSA) is 123 Å². The number of amides is 2. The number of hydrogen-bond donors (Lipinski definition) is 3. The standard InChI is InChI=1S/C31H36N4O4/c1-31(2,3)22-12-14-23(15-13-22)35-24(20-26(34-35)28-8-6-18-39-28)7-4-5-9-29(37)33-27(30(32)38)19-21-10-16-25(36)17-11-21/h6,8,10-18,20,27,36H,4-5,7,9,19H2,1-3H3,(H2,32,38)(H,33,37)/t27-/m0/s1. The van der Waals surface area contributed by atoms with Crippen LogP contribution in [0.15, 0.2) is 77.4 Å². The highest BCUT2D eigenvalue weighted by Gasteiger charge is 2.19. The minimum Gasteiger partial charge on any atom is -0.508 e. The number of carbonyl (C=O) groups is 2. The molecule has 4 aromatic rings. The molecule has 0 saturated heterocycles. The fourth-order valence-electron chi connectivity index (χ4n) is 4.42. The van der Waals surface area contributed by atoms with Crippen LogP contribution in [-0.2, 0) is 27.8 Å². The first kappa shape index (κ1) is 27.7. The number of furan rings is 1. The molecule has 8 nitrogen and oxygen atoms in total. The van der Waals surface area contributed by atoms with E-state index in [1.165, 1.54) is 17.7 Å². The van der Waals surface area contributed by atoms with Crippen molar-refractivity contribution < 1.29 is 19.1 Å². The highest BCUT2D eigenvalue weighted by Crippen LogP contribution is 2.26. The third-order valence-corrected chi connectivity index (χ3v) is 6.68. The summed E-state index contributed by atoms with van der Waals surface area (Å²) in [6, 6.07) is 19.8. The predicted molar refractivity (Wildman–Crippen MR) is 150 cm³/mol. The molecule has 0 spiro atoms. The quantitative estimate of drug-likeness (QED) is 0.235. The first-order valence-electron chi connectivity index (χ1n) is 13.2. The van der Waals surface area contributed by atoms with Crippen LogP contribution in [0, 0.1) is 0 Å². The van der Waals surface area contributed by atoms with E-state index in [1.807, 2.05) is 22.9 Å². The molecule has 0 fully saturated rings. The molecule has 0 aliphatic rings. The van der Waals surface area contributed by atoms with Gasteiger partial charge in [0, 0.05) is 18.5 Å². The first-order chi connectivity index (χ1) is 18.6. The maximum absolute atomic E-state index is 12.6. The van der Waals surface area contributed by atoms with Crippen LogP contribution in [0.2, 0.25) is 0 Å². The Balaban J connectivity index is 1.38. The lowest BCUT2D eigenvalue weighted by Gasteiger charge is -2.19. The molecule has 8 heteroatoms. The number of aryl methyl sites for hydroxylation is 1. The lowest BCUT2D eigenvalue weighted by molar-refractivity contribution is -0.127. The fourth-order valence-corrected chi connectivity index (χ4v) is 4.42. The summed E-state index contributed by atoms with van der Waals surface area (Å²) in [6.45, 7) is 6.56. The van der Waals surface area contributed by atoms with E-state index in [-0.39, 0.29) is 29.9 Å². The number of hydrogen-bond acceptors (Lipinski definition) is 5. The maximum atomic E-state index is 12.6. The van der Waals surface area contributed by atoms with Gasteiger partial charge in [-0.3, -0.25) is 9.59 Å². The zero-order valence-electron chi connectivity index (χ0n) is 22.7. The summed E-state index contributed by atoms with van der Waals surface area (Å²) in [6.07, 6.45) is 4.29. The molecule has 2 heterocycles. The molecular formula is C31H36N4O4. The highest BCUT2D eigenvalue weighted by atomic mass is 16.3. The van der Waals surface area contributed by atoms with Crippen LogP contribution < -0.4 is 11.1 Å². The van der Waals surface area contributed by atoms with Crippen LogP contribution in [0.5, 0.6) is 5.75 Å². The van der Waals surface area contributed by atoms with Crippen molar-refractivity contribution in [2.24, 2.45) is 5.73 Å². The van der Waals surface area contributed by atoms with E-state index in [0.29, 0.717) is 12.2 Å². The largest absolute Gasteiger partial charge is 0.508 e. The molecule has 204 valence electrons. The Bertz CT molecular complexity index is 1380. The number of benzene rings is 2. The van der Waals surface area contributed by atoms with Crippen molar-refractivity contribution >= 4 is 11.8 Å². The van der Waals surface area contributed by atoms with E-state index in [1.54, 1.807) is 18.4 Å². The number of carbonyl (C=O) groups excluding carboxylic acids is 2. The molecule has 4 N–H and O–H groups in total. The molecular weight excluding hydrogens is 492 g/mol. The van der Waals surface area contributed by atoms with Gasteiger partial charge in [-0.25, -0.2) is 4.68 Å². The van der Waals surface area contributed by atoms with Gasteiger partial charge in [0.1, 0.15) is 17.5 Å². The lowest BCUT2D eigenvalue weighted by atomic mass is 9.87. The number of primary amides is 1. The zero-order chi connectivity index (χ0) is 28.0. The maximum Gasteiger partial charge on any atom is 0.240 e. The van der Waals surface area contributed by atoms with Crippen molar-refractivity contribution in [1.29, 1.82) is 0 Å². The Morgan fingerprint density at radius 3 is 2.38 bits per heavy atom. The van der Waals surface area contributed by atoms with Crippen LogP contribution in [0.4, 0.5) is 0 Å². The van der Waals surface area contributed by atoms with Gasteiger partial charge >= 0.3 is 0 Å². The Morgan fingerprint density at radius 1 is 1.05 bits per heavy atom. The number of nitrogens with one attached hydrogen (secondary N) is 1. The number of nitrogens with two attached hydrogens (primary N) is 1. The number of aromatic hydroxyl groups is 1. The van der Waals surface area contributed by atoms with Crippen molar-refractivity contribution in [1.82, 2.24) is 15.1 Å². The normalized spacial score (nSPS) is 12.3. The van der Waals surface area contributed by atoms with Gasteiger partial charge in [0.2, 0.25) is 11.8 Å². The van der Waals surface area contributed by atoms with E-state index in [4.69, 9.17) is 15.2 Å². The van der Waals surface area contributed by atoms with Crippen LogP contribution in [-0.4, -0.2) is 32.7 Å². The molecule has 4 rings (SSSR count). The van der Waals surface area contributed by atoms with E-state index in [0.717, 1.165) is 35.5 Å². The van der Waals surface area contributed by atoms with E-state index < -0.39 is 11.9 Å². The molecule has 2 amide bonds. The average molecular weight is 529 g/mol. The number of nitrogens with zero attached hydrogens (tertiary/aromatic N) is 2. The number of rotatable bonds is 11. The highest BCUT2D eigenvalue weighted by molar-refractivity contribution is 5.86. The Morgan fingerprint density at radius 2 is 1.77 bits per heavy atom. The summed E-state index contributed by atoms with van der Waals surface area (Å²) < 4.78 is 7.51. The van der Waals surface area contributed by atoms with Gasteiger partial charge in [0.15, 0.2) is 5.76 Å². The summed E-state index contributed by atoms with van der Waals surface area (Å²) in [4.78, 5) is 24.5. The second-order valence-electron chi connectivity index (χ2n) is 10.8. The zero-order valence-corrected chi connectivity index (χ0v) is 22.7. The van der Waals surface area contributed by atoms with Crippen LogP contribution in [0.3, 0.4) is 0 Å². The molecule has 0 aliphatic carbocycles. The second-order valence-corrected chi connectivity index (χ2v) is 10.8. The summed E-state index contributed by atoms with van der Waals surface area (Å²) in [5, 5.41) is 17.0. The number of unbranched alkanes of at least 4 members (excludes halogenated alkanes) is 1. The van der Waals surface area contributed by atoms with Crippen LogP contribution in [0.25, 0.3) is 17.1 Å². The van der Waals surface area contributed by atoms with Crippen LogP contribution in [0.1, 0.15) is 56.9 Å². The summed E-state index contributed by atoms with van der Waals surface area (Å²) in [5.74, 6) is 0.0214. The summed E-state index contributed by atoms with van der Waals surface area (Å²) in [7, 11) is 0. The van der Waals surface area contributed by atoms with Crippen molar-refractivity contribution in [3.05, 3.63) is 89.8 Å². The van der Waals surface area contributed by atoms with Crippen molar-refractivity contribution in [3.8, 4) is 22.9 Å². The van der Waals surface area contributed by atoms with Crippen molar-refractivity contribution in [3.63, 3.8) is 0 Å². The smallest absolute Gasteiger partial charge is 0.240 e. The summed E-state index contributed by atoms with van der Waals surface area (Å²) in [5.41, 5.74) is 10.4. The Labute approximate surface area is 228 Å². The minimum absolute atomic E-state index is 0.0585. The van der Waals surface area contributed by atoms with E-state index in [9.17, 15) is 14.7 Å². The van der Waals surface area contributed by atoms with Gasteiger partial charge in [-0.2, -0.15) is 5.10 Å². The molecule has 1 atom stereocenters. The number of aromatic nitrogens is 2. The van der Waals surface area contributed by atoms with Gasteiger partial charge in [0.05, 0.1) is 12.0 Å². The lowest BCUT2D eigenvalue weighted by Crippen LogP contribution is -2.45. The molecule has 2 aromatic heterocycles. The molecule has 0 bridgehead atoms. The second kappa shape index (κ2) is 12.0. The minimum atomic E-state index is -0.810. The molecule has 0 radical (unpaired) electrons. The Hall–Kier alpha value is -4.33. The molecule has 0 saturated carbocycles. The van der Waals surface area contributed by atoms with Gasteiger partial charge in [-0.05, 0) is 78.3 Å². The third-order valence-electron chi connectivity index (χ3n) is 6.68. The number of phenolic OH excluding ortho intramolecular Hbond substituents is 1. The molecule has 2 aromatic carbocycles. The van der Waals surface area contributed by atoms with Gasteiger partial charge < -0.3 is 20.6 Å². The SMILES string of the molecule is CC(C)(C)c1ccc(-n2nc(-c3ccco3)cc2CCCCC(=O)N[C@@H](Cc2ccc(O)cc2)C(N)=O)cc1. The van der Waals surface area contributed by atoms with Gasteiger partial charge in [0.25, 0.3) is 0 Å². The Kier molecular flexibility index (Phi) is 8.54. The van der Waals surface area contributed by atoms with Gasteiger partial charge in [-0.15, -0.1) is 0 Å². The predicted octanol–water partition coefficient (Wildman–Crippen LogP) is 5.06. The first-order valence-corrected chi connectivity index (χ1v) is 13.2. The fraction of sp³-hybridized carbons (Fsp3) is 0.323. The van der Waals surface area contributed by atoms with Crippen molar-refractivity contribution in [2.45, 2.75) is 64.3 Å². The summed E-state index contributed by atoms with van der Waals surface area (Å²) >= 11 is 0. The van der Waals surface area contributed by atoms with Crippen LogP contribution >= 0.6 is 0 Å². The molecule has 0 unspecified atom stereocenters. The van der Waals surface area contributed by atoms with E-state index in [2.05, 4.69) is 50.4 Å². The molecule has 39 heavy (non-hydrogen) atoms. The van der Waals surface area contributed by atoms with E-state index >= 15 is 0 Å². The number of phenols is 1. The monoisotopic (exact) mass is 528 g/mol.